The number of hydrogen-bond donors (Lipinski definition) is 1. The Morgan fingerprint density at radius 2 is 2.10 bits per heavy atom. The van der Waals surface area contributed by atoms with Crippen molar-refractivity contribution in [2.75, 3.05) is 32.8 Å². The van der Waals surface area contributed by atoms with Gasteiger partial charge in [0.15, 0.2) is 0 Å². The van der Waals surface area contributed by atoms with Crippen molar-refractivity contribution in [1.82, 2.24) is 10.2 Å². The molecule has 0 aromatic heterocycles. The smallest absolute Gasteiger partial charge is 0.119 e. The fraction of sp³-hybridized carbons (Fsp3) is 0.667. The Morgan fingerprint density at radius 1 is 1.24 bits per heavy atom. The Hall–Kier alpha value is -1.06. The van der Waals surface area contributed by atoms with Crippen molar-refractivity contribution in [2.24, 2.45) is 5.92 Å². The zero-order valence-corrected chi connectivity index (χ0v) is 13.2. The summed E-state index contributed by atoms with van der Waals surface area (Å²) in [6, 6.07) is 9.15. The predicted molar refractivity (Wildman–Crippen MR) is 86.8 cm³/mol. The minimum absolute atomic E-state index is 0.503. The van der Waals surface area contributed by atoms with Crippen molar-refractivity contribution in [3.05, 3.63) is 29.8 Å². The number of piperidine rings is 1. The summed E-state index contributed by atoms with van der Waals surface area (Å²) in [7, 11) is 0. The first-order valence-corrected chi connectivity index (χ1v) is 8.50. The molecule has 2 aliphatic heterocycles. The monoisotopic (exact) mass is 288 g/mol. The third kappa shape index (κ3) is 4.21. The Morgan fingerprint density at radius 3 is 2.86 bits per heavy atom. The summed E-state index contributed by atoms with van der Waals surface area (Å²) >= 11 is 0. The first kappa shape index (κ1) is 14.9. The van der Waals surface area contributed by atoms with E-state index in [9.17, 15) is 0 Å². The summed E-state index contributed by atoms with van der Waals surface area (Å²) in [6.07, 6.45) is 5.25. The zero-order chi connectivity index (χ0) is 14.5. The molecule has 0 bridgehead atoms. The van der Waals surface area contributed by atoms with Crippen LogP contribution in [0.2, 0.25) is 0 Å². The molecule has 2 fully saturated rings. The number of likely N-dealkylation sites (tertiary alicyclic amines) is 1. The Balaban J connectivity index is 1.50. The third-order valence-corrected chi connectivity index (χ3v) is 4.80. The van der Waals surface area contributed by atoms with Gasteiger partial charge in [0.1, 0.15) is 12.4 Å². The highest BCUT2D eigenvalue weighted by Gasteiger charge is 2.19. The van der Waals surface area contributed by atoms with E-state index in [1.54, 1.807) is 0 Å². The lowest BCUT2D eigenvalue weighted by Gasteiger charge is -2.28. The molecule has 116 valence electrons. The number of hydrogen-bond acceptors (Lipinski definition) is 3. The summed E-state index contributed by atoms with van der Waals surface area (Å²) in [5.41, 5.74) is 1.38. The quantitative estimate of drug-likeness (QED) is 0.900. The SMILES string of the molecule is CC1CCC(c2cccc(OCCN3CCCC3)c2)NC1. The van der Waals surface area contributed by atoms with Crippen molar-refractivity contribution < 1.29 is 4.74 Å². The van der Waals surface area contributed by atoms with Crippen molar-refractivity contribution in [2.45, 2.75) is 38.6 Å². The maximum absolute atomic E-state index is 5.95. The number of benzene rings is 1. The topological polar surface area (TPSA) is 24.5 Å². The summed E-state index contributed by atoms with van der Waals surface area (Å²) in [5, 5.41) is 3.65. The first-order chi connectivity index (χ1) is 10.3. The van der Waals surface area contributed by atoms with Crippen LogP contribution in [0.1, 0.15) is 44.2 Å². The molecule has 0 spiro atoms. The number of rotatable bonds is 5. The van der Waals surface area contributed by atoms with Crippen molar-refractivity contribution >= 4 is 0 Å². The molecule has 1 aromatic rings. The summed E-state index contributed by atoms with van der Waals surface area (Å²) in [6.45, 7) is 7.80. The van der Waals surface area contributed by atoms with Gasteiger partial charge in [-0.2, -0.15) is 0 Å². The van der Waals surface area contributed by atoms with Crippen LogP contribution in [0.3, 0.4) is 0 Å². The van der Waals surface area contributed by atoms with E-state index in [0.717, 1.165) is 31.4 Å². The van der Waals surface area contributed by atoms with Gasteiger partial charge in [0.2, 0.25) is 0 Å². The fourth-order valence-electron chi connectivity index (χ4n) is 3.40. The molecule has 21 heavy (non-hydrogen) atoms. The zero-order valence-electron chi connectivity index (χ0n) is 13.2. The van der Waals surface area contributed by atoms with Crippen LogP contribution in [-0.4, -0.2) is 37.7 Å². The van der Waals surface area contributed by atoms with E-state index < -0.39 is 0 Å². The van der Waals surface area contributed by atoms with Crippen LogP contribution < -0.4 is 10.1 Å². The molecule has 0 saturated carbocycles. The second kappa shape index (κ2) is 7.28. The van der Waals surface area contributed by atoms with Gasteiger partial charge in [0.25, 0.3) is 0 Å². The molecule has 2 atom stereocenters. The van der Waals surface area contributed by atoms with Crippen molar-refractivity contribution in [3.63, 3.8) is 0 Å². The molecule has 2 heterocycles. The third-order valence-electron chi connectivity index (χ3n) is 4.80. The first-order valence-electron chi connectivity index (χ1n) is 8.50. The molecule has 2 aliphatic rings. The standard InChI is InChI=1S/C18H28N2O/c1-15-7-8-18(19-14-15)16-5-4-6-17(13-16)21-12-11-20-9-2-3-10-20/h4-6,13,15,18-19H,2-3,7-12,14H2,1H3. The molecule has 0 amide bonds. The van der Waals surface area contributed by atoms with E-state index in [-0.39, 0.29) is 0 Å². The van der Waals surface area contributed by atoms with Gasteiger partial charge in [0, 0.05) is 12.6 Å². The Labute approximate surface area is 128 Å². The van der Waals surface area contributed by atoms with Gasteiger partial charge in [-0.3, -0.25) is 4.90 Å². The maximum Gasteiger partial charge on any atom is 0.119 e. The number of ether oxygens (including phenoxy) is 1. The van der Waals surface area contributed by atoms with E-state index in [4.69, 9.17) is 4.74 Å². The van der Waals surface area contributed by atoms with Gasteiger partial charge in [-0.15, -0.1) is 0 Å². The van der Waals surface area contributed by atoms with Gasteiger partial charge in [-0.05, 0) is 68.9 Å². The fourth-order valence-corrected chi connectivity index (χ4v) is 3.40. The molecule has 3 heteroatoms. The molecule has 3 rings (SSSR count). The molecule has 0 radical (unpaired) electrons. The summed E-state index contributed by atoms with van der Waals surface area (Å²) in [5.74, 6) is 1.83. The van der Waals surface area contributed by atoms with Crippen LogP contribution in [0.15, 0.2) is 24.3 Å². The van der Waals surface area contributed by atoms with Gasteiger partial charge < -0.3 is 10.1 Å². The normalized spacial score (nSPS) is 26.9. The van der Waals surface area contributed by atoms with Crippen LogP contribution in [-0.2, 0) is 0 Å². The molecule has 2 unspecified atom stereocenters. The Bertz CT molecular complexity index is 435. The minimum atomic E-state index is 0.503. The second-order valence-electron chi connectivity index (χ2n) is 6.61. The average Bonchev–Trinajstić information content (AvgIpc) is 3.02. The molecular formula is C18H28N2O. The van der Waals surface area contributed by atoms with Gasteiger partial charge in [0.05, 0.1) is 0 Å². The van der Waals surface area contributed by atoms with Crippen LogP contribution in [0.25, 0.3) is 0 Å². The van der Waals surface area contributed by atoms with E-state index >= 15 is 0 Å². The van der Waals surface area contributed by atoms with E-state index in [1.165, 1.54) is 44.3 Å². The lowest BCUT2D eigenvalue weighted by atomic mass is 9.92. The van der Waals surface area contributed by atoms with Gasteiger partial charge in [-0.1, -0.05) is 19.1 Å². The van der Waals surface area contributed by atoms with Crippen LogP contribution >= 0.6 is 0 Å². The van der Waals surface area contributed by atoms with Crippen molar-refractivity contribution in [1.29, 1.82) is 0 Å². The molecular weight excluding hydrogens is 260 g/mol. The van der Waals surface area contributed by atoms with E-state index in [0.29, 0.717) is 6.04 Å². The van der Waals surface area contributed by atoms with Gasteiger partial charge in [-0.25, -0.2) is 0 Å². The molecule has 2 saturated heterocycles. The van der Waals surface area contributed by atoms with Crippen molar-refractivity contribution in [3.8, 4) is 5.75 Å². The Kier molecular flexibility index (Phi) is 5.15. The molecule has 1 aromatic carbocycles. The maximum atomic E-state index is 5.95. The highest BCUT2D eigenvalue weighted by Crippen LogP contribution is 2.27. The molecule has 0 aliphatic carbocycles. The van der Waals surface area contributed by atoms with Gasteiger partial charge >= 0.3 is 0 Å². The summed E-state index contributed by atoms with van der Waals surface area (Å²) in [4.78, 5) is 2.49. The highest BCUT2D eigenvalue weighted by molar-refractivity contribution is 5.30. The average molecular weight is 288 g/mol. The minimum Gasteiger partial charge on any atom is -0.492 e. The number of nitrogens with one attached hydrogen (secondary N) is 1. The van der Waals surface area contributed by atoms with E-state index in [2.05, 4.69) is 41.4 Å². The van der Waals surface area contributed by atoms with Crippen LogP contribution in [0, 0.1) is 5.92 Å². The lowest BCUT2D eigenvalue weighted by Crippen LogP contribution is -2.31. The molecule has 1 N–H and O–H groups in total. The largest absolute Gasteiger partial charge is 0.492 e. The summed E-state index contributed by atoms with van der Waals surface area (Å²) < 4.78 is 5.95. The van der Waals surface area contributed by atoms with E-state index in [1.807, 2.05) is 0 Å². The lowest BCUT2D eigenvalue weighted by molar-refractivity contribution is 0.237. The highest BCUT2D eigenvalue weighted by atomic mass is 16.5. The predicted octanol–water partition coefficient (Wildman–Crippen LogP) is 3.22. The number of nitrogens with zero attached hydrogens (tertiary/aromatic N) is 1. The van der Waals surface area contributed by atoms with Crippen LogP contribution in [0.5, 0.6) is 5.75 Å². The second-order valence-corrected chi connectivity index (χ2v) is 6.61. The van der Waals surface area contributed by atoms with Crippen LogP contribution in [0.4, 0.5) is 0 Å². The molecule has 3 nitrogen and oxygen atoms in total.